The van der Waals surface area contributed by atoms with E-state index in [0.717, 1.165) is 0 Å². The molecule has 0 aromatic carbocycles. The second-order valence-corrected chi connectivity index (χ2v) is 3.76. The van der Waals surface area contributed by atoms with Crippen molar-refractivity contribution in [3.8, 4) is 0 Å². The summed E-state index contributed by atoms with van der Waals surface area (Å²) in [7, 11) is 0. The van der Waals surface area contributed by atoms with Gasteiger partial charge in [-0.3, -0.25) is 4.79 Å². The Morgan fingerprint density at radius 1 is 1.53 bits per heavy atom. The summed E-state index contributed by atoms with van der Waals surface area (Å²) in [5.74, 6) is 0.179. The fourth-order valence-electron chi connectivity index (χ4n) is 1.47. The molecule has 0 N–H and O–H groups in total. The van der Waals surface area contributed by atoms with E-state index < -0.39 is 0 Å². The number of ether oxygens (including phenoxy) is 1. The van der Waals surface area contributed by atoms with Crippen LogP contribution in [0.25, 0.3) is 11.0 Å². The summed E-state index contributed by atoms with van der Waals surface area (Å²) in [6.07, 6.45) is 1.54. The highest BCUT2D eigenvalue weighted by atomic mass is 35.5. The zero-order valence-electron chi connectivity index (χ0n) is 9.47. The first kappa shape index (κ1) is 11.8. The molecule has 90 valence electrons. The van der Waals surface area contributed by atoms with E-state index in [0.29, 0.717) is 28.6 Å². The van der Waals surface area contributed by atoms with Crippen molar-refractivity contribution in [1.82, 2.24) is 19.7 Å². The number of esters is 1. The monoisotopic (exact) mass is 254 g/mol. The molecule has 2 heterocycles. The molecular weight excluding hydrogens is 244 g/mol. The molecule has 0 saturated carbocycles. The van der Waals surface area contributed by atoms with E-state index >= 15 is 0 Å². The Morgan fingerprint density at radius 2 is 2.29 bits per heavy atom. The van der Waals surface area contributed by atoms with Crippen LogP contribution in [0.3, 0.4) is 0 Å². The van der Waals surface area contributed by atoms with Crippen LogP contribution in [0.15, 0.2) is 6.20 Å². The van der Waals surface area contributed by atoms with E-state index in [1.807, 2.05) is 0 Å². The maximum absolute atomic E-state index is 11.4. The molecule has 17 heavy (non-hydrogen) atoms. The van der Waals surface area contributed by atoms with Crippen molar-refractivity contribution in [3.05, 3.63) is 17.2 Å². The second kappa shape index (κ2) is 4.67. The summed E-state index contributed by atoms with van der Waals surface area (Å²) >= 11 is 5.95. The molecule has 2 aromatic rings. The molecule has 0 atom stereocenters. The van der Waals surface area contributed by atoms with Crippen molar-refractivity contribution >= 4 is 28.6 Å². The lowest BCUT2D eigenvalue weighted by Gasteiger charge is -2.03. The number of rotatable bonds is 3. The van der Waals surface area contributed by atoms with E-state index in [2.05, 4.69) is 15.1 Å². The van der Waals surface area contributed by atoms with Crippen LogP contribution in [-0.4, -0.2) is 32.3 Å². The van der Waals surface area contributed by atoms with Gasteiger partial charge in [0.2, 0.25) is 0 Å². The Hall–Kier alpha value is -1.69. The Labute approximate surface area is 103 Å². The van der Waals surface area contributed by atoms with E-state index in [4.69, 9.17) is 16.3 Å². The van der Waals surface area contributed by atoms with E-state index in [-0.39, 0.29) is 12.5 Å². The number of halogens is 1. The van der Waals surface area contributed by atoms with Gasteiger partial charge in [-0.25, -0.2) is 14.6 Å². The first-order valence-corrected chi connectivity index (χ1v) is 5.51. The summed E-state index contributed by atoms with van der Waals surface area (Å²) in [5.41, 5.74) is 0.538. The molecule has 0 fully saturated rings. The highest BCUT2D eigenvalue weighted by molar-refractivity contribution is 6.33. The van der Waals surface area contributed by atoms with Crippen molar-refractivity contribution in [2.75, 3.05) is 6.61 Å². The van der Waals surface area contributed by atoms with Gasteiger partial charge in [0.05, 0.1) is 18.2 Å². The van der Waals surface area contributed by atoms with Gasteiger partial charge in [-0.15, -0.1) is 0 Å². The van der Waals surface area contributed by atoms with Crippen LogP contribution >= 0.6 is 11.6 Å². The van der Waals surface area contributed by atoms with Crippen LogP contribution in [0, 0.1) is 6.92 Å². The summed E-state index contributed by atoms with van der Waals surface area (Å²) in [6.45, 7) is 3.84. The third-order valence-corrected chi connectivity index (χ3v) is 2.43. The Bertz CT molecular complexity index is 567. The van der Waals surface area contributed by atoms with E-state index in [1.165, 1.54) is 10.9 Å². The Balaban J connectivity index is 2.39. The van der Waals surface area contributed by atoms with Gasteiger partial charge in [0.15, 0.2) is 5.65 Å². The molecule has 6 nitrogen and oxygen atoms in total. The van der Waals surface area contributed by atoms with Gasteiger partial charge in [0, 0.05) is 0 Å². The molecule has 0 aliphatic rings. The fraction of sp³-hybridized carbons (Fsp3) is 0.400. The van der Waals surface area contributed by atoms with Crippen molar-refractivity contribution in [2.45, 2.75) is 20.4 Å². The average molecular weight is 255 g/mol. The van der Waals surface area contributed by atoms with E-state index in [1.54, 1.807) is 13.8 Å². The SMILES string of the molecule is CCOC(=O)Cn1ncc2c(Cl)nc(C)nc21. The number of carbonyl (C=O) groups excluding carboxylic acids is 1. The topological polar surface area (TPSA) is 69.9 Å². The second-order valence-electron chi connectivity index (χ2n) is 3.41. The Kier molecular flexibility index (Phi) is 3.23. The molecule has 0 saturated heterocycles. The molecule has 0 bridgehead atoms. The van der Waals surface area contributed by atoms with Crippen molar-refractivity contribution in [2.24, 2.45) is 0 Å². The number of nitrogens with zero attached hydrogens (tertiary/aromatic N) is 4. The molecule has 0 aliphatic heterocycles. The highest BCUT2D eigenvalue weighted by Crippen LogP contribution is 2.19. The molecule has 2 rings (SSSR count). The molecule has 0 aliphatic carbocycles. The molecule has 0 unspecified atom stereocenters. The first-order chi connectivity index (χ1) is 8.11. The minimum absolute atomic E-state index is 0.0180. The molecule has 0 radical (unpaired) electrons. The van der Waals surface area contributed by atoms with Crippen molar-refractivity contribution in [1.29, 1.82) is 0 Å². The predicted molar refractivity (Wildman–Crippen MR) is 61.7 cm³/mol. The standard InChI is InChI=1S/C10H11ClN4O2/c1-3-17-8(16)5-15-10-7(4-12-15)9(11)13-6(2)14-10/h4H,3,5H2,1-2H3. The molecule has 0 spiro atoms. The third kappa shape index (κ3) is 2.36. The normalized spacial score (nSPS) is 10.8. The number of aryl methyl sites for hydroxylation is 1. The van der Waals surface area contributed by atoms with E-state index in [9.17, 15) is 4.79 Å². The van der Waals surface area contributed by atoms with Gasteiger partial charge in [0.1, 0.15) is 17.5 Å². The number of aromatic nitrogens is 4. The minimum Gasteiger partial charge on any atom is -0.465 e. The summed E-state index contributed by atoms with van der Waals surface area (Å²) in [5, 5.41) is 5.01. The summed E-state index contributed by atoms with van der Waals surface area (Å²) in [6, 6.07) is 0. The van der Waals surface area contributed by atoms with Crippen LogP contribution in [0.5, 0.6) is 0 Å². The third-order valence-electron chi connectivity index (χ3n) is 2.15. The van der Waals surface area contributed by atoms with Crippen molar-refractivity contribution in [3.63, 3.8) is 0 Å². The quantitative estimate of drug-likeness (QED) is 0.611. The number of hydrogen-bond donors (Lipinski definition) is 0. The van der Waals surface area contributed by atoms with Gasteiger partial charge in [0.25, 0.3) is 0 Å². The average Bonchev–Trinajstić information content (AvgIpc) is 2.62. The maximum atomic E-state index is 11.4. The van der Waals surface area contributed by atoms with Crippen LogP contribution in [0.4, 0.5) is 0 Å². The Morgan fingerprint density at radius 3 is 3.00 bits per heavy atom. The van der Waals surface area contributed by atoms with Crippen LogP contribution in [0.2, 0.25) is 5.15 Å². The van der Waals surface area contributed by atoms with Gasteiger partial charge < -0.3 is 4.74 Å². The lowest BCUT2D eigenvalue weighted by Crippen LogP contribution is -2.14. The number of hydrogen-bond acceptors (Lipinski definition) is 5. The summed E-state index contributed by atoms with van der Waals surface area (Å²) < 4.78 is 6.30. The van der Waals surface area contributed by atoms with Gasteiger partial charge in [-0.2, -0.15) is 5.10 Å². The number of carbonyl (C=O) groups is 1. The van der Waals surface area contributed by atoms with Gasteiger partial charge >= 0.3 is 5.97 Å². The smallest absolute Gasteiger partial charge is 0.327 e. The van der Waals surface area contributed by atoms with Crippen LogP contribution < -0.4 is 0 Å². The zero-order chi connectivity index (χ0) is 12.4. The lowest BCUT2D eigenvalue weighted by atomic mass is 10.4. The van der Waals surface area contributed by atoms with Crippen LogP contribution in [-0.2, 0) is 16.1 Å². The first-order valence-electron chi connectivity index (χ1n) is 5.13. The van der Waals surface area contributed by atoms with Gasteiger partial charge in [-0.05, 0) is 13.8 Å². The predicted octanol–water partition coefficient (Wildman–Crippen LogP) is 1.35. The molecular formula is C10H11ClN4O2. The molecule has 7 heteroatoms. The fourth-order valence-corrected chi connectivity index (χ4v) is 1.72. The number of fused-ring (bicyclic) bond motifs is 1. The zero-order valence-corrected chi connectivity index (χ0v) is 10.2. The lowest BCUT2D eigenvalue weighted by molar-refractivity contribution is -0.143. The van der Waals surface area contributed by atoms with Crippen LogP contribution in [0.1, 0.15) is 12.7 Å². The summed E-state index contributed by atoms with van der Waals surface area (Å²) in [4.78, 5) is 19.6. The largest absolute Gasteiger partial charge is 0.465 e. The minimum atomic E-state index is -0.357. The molecule has 0 amide bonds. The maximum Gasteiger partial charge on any atom is 0.327 e. The van der Waals surface area contributed by atoms with Crippen molar-refractivity contribution < 1.29 is 9.53 Å². The molecule has 2 aromatic heterocycles. The van der Waals surface area contributed by atoms with Gasteiger partial charge in [-0.1, -0.05) is 11.6 Å². The highest BCUT2D eigenvalue weighted by Gasteiger charge is 2.12.